The third kappa shape index (κ3) is 3.16. The van der Waals surface area contributed by atoms with E-state index in [-0.39, 0.29) is 0 Å². The van der Waals surface area contributed by atoms with Gasteiger partial charge in [-0.05, 0) is 19.3 Å². The van der Waals surface area contributed by atoms with E-state index in [0.717, 1.165) is 12.5 Å². The van der Waals surface area contributed by atoms with Crippen LogP contribution in [-0.4, -0.2) is 36.5 Å². The van der Waals surface area contributed by atoms with Gasteiger partial charge in [0, 0.05) is 19.1 Å². The highest BCUT2D eigenvalue weighted by atomic mass is 15.3. The Balaban J connectivity index is 2.25. The number of rotatable bonds is 3. The lowest BCUT2D eigenvalue weighted by atomic mass is 10.1. The maximum absolute atomic E-state index is 5.42. The van der Waals surface area contributed by atoms with Gasteiger partial charge in [0.15, 0.2) is 0 Å². The molecule has 0 aromatic heterocycles. The molecule has 0 aliphatic carbocycles. The Hall–Kier alpha value is -0.810. The number of nitrogens with zero attached hydrogens (tertiary/aromatic N) is 2. The molecule has 1 fully saturated rings. The summed E-state index contributed by atoms with van der Waals surface area (Å²) in [5.74, 6) is 6.21. The number of hydrazine groups is 1. The summed E-state index contributed by atoms with van der Waals surface area (Å²) in [5.41, 5.74) is 7.73. The first-order chi connectivity index (χ1) is 6.63. The Kier molecular flexibility index (Phi) is 4.16. The van der Waals surface area contributed by atoms with E-state index >= 15 is 0 Å². The monoisotopic (exact) mass is 199 g/mol. The Labute approximate surface area is 85.5 Å². The Morgan fingerprint density at radius 1 is 1.57 bits per heavy atom. The SMILES string of the molecule is CC1CC(C)N(CCN=C(N)NN)C1. The minimum absolute atomic E-state index is 0.310. The number of hydrogen-bond donors (Lipinski definition) is 3. The van der Waals surface area contributed by atoms with Crippen molar-refractivity contribution in [3.63, 3.8) is 0 Å². The van der Waals surface area contributed by atoms with E-state index in [2.05, 4.69) is 29.2 Å². The van der Waals surface area contributed by atoms with E-state index < -0.39 is 0 Å². The topological polar surface area (TPSA) is 79.7 Å². The Bertz CT molecular complexity index is 203. The lowest BCUT2D eigenvalue weighted by molar-refractivity contribution is 0.273. The fourth-order valence-electron chi connectivity index (χ4n) is 2.04. The zero-order valence-corrected chi connectivity index (χ0v) is 9.03. The van der Waals surface area contributed by atoms with E-state index in [1.54, 1.807) is 0 Å². The van der Waals surface area contributed by atoms with Gasteiger partial charge in [0.05, 0.1) is 6.54 Å². The van der Waals surface area contributed by atoms with Gasteiger partial charge < -0.3 is 5.73 Å². The summed E-state index contributed by atoms with van der Waals surface area (Å²) in [7, 11) is 0. The molecule has 2 atom stereocenters. The first kappa shape index (κ1) is 11.3. The standard InChI is InChI=1S/C9H21N5/c1-7-5-8(2)14(6-7)4-3-12-9(10)13-11/h7-8H,3-6,11H2,1-2H3,(H3,10,12,13). The average Bonchev–Trinajstić information content (AvgIpc) is 2.45. The van der Waals surface area contributed by atoms with Crippen LogP contribution in [0.5, 0.6) is 0 Å². The normalized spacial score (nSPS) is 29.5. The van der Waals surface area contributed by atoms with Crippen molar-refractivity contribution in [1.29, 1.82) is 0 Å². The molecule has 5 N–H and O–H groups in total. The molecule has 2 unspecified atom stereocenters. The third-order valence-corrected chi connectivity index (χ3v) is 2.73. The molecule has 0 amide bonds. The second-order valence-electron chi connectivity index (χ2n) is 4.10. The molecule has 0 radical (unpaired) electrons. The molecule has 0 aromatic carbocycles. The molecule has 1 aliphatic heterocycles. The van der Waals surface area contributed by atoms with Gasteiger partial charge in [-0.1, -0.05) is 6.92 Å². The molecule has 14 heavy (non-hydrogen) atoms. The molecule has 0 spiro atoms. The van der Waals surface area contributed by atoms with Crippen LogP contribution in [0.2, 0.25) is 0 Å². The van der Waals surface area contributed by atoms with Crippen molar-refractivity contribution in [2.75, 3.05) is 19.6 Å². The molecule has 0 saturated carbocycles. The summed E-state index contributed by atoms with van der Waals surface area (Å²) in [6.07, 6.45) is 1.29. The maximum atomic E-state index is 5.42. The fraction of sp³-hybridized carbons (Fsp3) is 0.889. The number of nitrogens with one attached hydrogen (secondary N) is 1. The predicted octanol–water partition coefficient (Wildman–Crippen LogP) is -0.505. The molecule has 1 rings (SSSR count). The minimum atomic E-state index is 0.310. The maximum Gasteiger partial charge on any atom is 0.203 e. The molecule has 0 aromatic rings. The Morgan fingerprint density at radius 3 is 2.79 bits per heavy atom. The van der Waals surface area contributed by atoms with Gasteiger partial charge in [0.25, 0.3) is 0 Å². The van der Waals surface area contributed by atoms with Gasteiger partial charge in [-0.3, -0.25) is 15.3 Å². The van der Waals surface area contributed by atoms with Gasteiger partial charge in [-0.25, -0.2) is 5.84 Å². The second-order valence-corrected chi connectivity index (χ2v) is 4.10. The zero-order valence-electron chi connectivity index (χ0n) is 9.03. The largest absolute Gasteiger partial charge is 0.369 e. The zero-order chi connectivity index (χ0) is 10.6. The highest BCUT2D eigenvalue weighted by molar-refractivity contribution is 5.77. The second kappa shape index (κ2) is 5.17. The van der Waals surface area contributed by atoms with E-state index in [1.165, 1.54) is 13.0 Å². The summed E-state index contributed by atoms with van der Waals surface area (Å²) < 4.78 is 0. The van der Waals surface area contributed by atoms with Gasteiger partial charge >= 0.3 is 0 Å². The fourth-order valence-corrected chi connectivity index (χ4v) is 2.04. The van der Waals surface area contributed by atoms with Crippen molar-refractivity contribution < 1.29 is 0 Å². The van der Waals surface area contributed by atoms with Gasteiger partial charge in [-0.2, -0.15) is 0 Å². The Morgan fingerprint density at radius 2 is 2.29 bits per heavy atom. The highest BCUT2D eigenvalue weighted by Gasteiger charge is 2.24. The van der Waals surface area contributed by atoms with Crippen LogP contribution in [0.15, 0.2) is 4.99 Å². The van der Waals surface area contributed by atoms with E-state index in [9.17, 15) is 0 Å². The molecule has 0 bridgehead atoms. The number of likely N-dealkylation sites (tertiary alicyclic amines) is 1. The first-order valence-corrected chi connectivity index (χ1v) is 5.14. The summed E-state index contributed by atoms with van der Waals surface area (Å²) in [4.78, 5) is 6.52. The smallest absolute Gasteiger partial charge is 0.203 e. The molecule has 5 heteroatoms. The molecule has 5 nitrogen and oxygen atoms in total. The van der Waals surface area contributed by atoms with Gasteiger partial charge in [-0.15, -0.1) is 0 Å². The summed E-state index contributed by atoms with van der Waals surface area (Å²) >= 11 is 0. The molecular weight excluding hydrogens is 178 g/mol. The lowest BCUT2D eigenvalue weighted by Crippen LogP contribution is -2.38. The molecule has 82 valence electrons. The summed E-state index contributed by atoms with van der Waals surface area (Å²) in [6, 6.07) is 0.673. The van der Waals surface area contributed by atoms with Crippen LogP contribution >= 0.6 is 0 Å². The van der Waals surface area contributed by atoms with Crippen LogP contribution in [0.4, 0.5) is 0 Å². The summed E-state index contributed by atoms with van der Waals surface area (Å²) in [6.45, 7) is 7.40. The average molecular weight is 199 g/mol. The number of hydrogen-bond acceptors (Lipinski definition) is 3. The van der Waals surface area contributed by atoms with Crippen molar-refractivity contribution >= 4 is 5.96 Å². The van der Waals surface area contributed by atoms with Crippen molar-refractivity contribution in [3.05, 3.63) is 0 Å². The minimum Gasteiger partial charge on any atom is -0.369 e. The predicted molar refractivity (Wildman–Crippen MR) is 58.6 cm³/mol. The molecule has 1 saturated heterocycles. The number of aliphatic imine (C=N–C) groups is 1. The van der Waals surface area contributed by atoms with E-state index in [1.807, 2.05) is 0 Å². The first-order valence-electron chi connectivity index (χ1n) is 5.14. The van der Waals surface area contributed by atoms with E-state index in [0.29, 0.717) is 18.5 Å². The van der Waals surface area contributed by atoms with Crippen molar-refractivity contribution in [1.82, 2.24) is 10.3 Å². The van der Waals surface area contributed by atoms with Crippen LogP contribution in [0, 0.1) is 5.92 Å². The molecular formula is C9H21N5. The lowest BCUT2D eigenvalue weighted by Gasteiger charge is -2.19. The number of guanidine groups is 1. The van der Waals surface area contributed by atoms with Gasteiger partial charge in [0.2, 0.25) is 5.96 Å². The van der Waals surface area contributed by atoms with E-state index in [4.69, 9.17) is 11.6 Å². The van der Waals surface area contributed by atoms with Crippen molar-refractivity contribution in [3.8, 4) is 0 Å². The van der Waals surface area contributed by atoms with Crippen molar-refractivity contribution in [2.24, 2.45) is 22.5 Å². The van der Waals surface area contributed by atoms with Crippen molar-refractivity contribution in [2.45, 2.75) is 26.3 Å². The van der Waals surface area contributed by atoms with Crippen LogP contribution in [0.3, 0.4) is 0 Å². The van der Waals surface area contributed by atoms with Gasteiger partial charge in [0.1, 0.15) is 0 Å². The van der Waals surface area contributed by atoms with Crippen LogP contribution in [0.25, 0.3) is 0 Å². The highest BCUT2D eigenvalue weighted by Crippen LogP contribution is 2.21. The molecule has 1 heterocycles. The quantitative estimate of drug-likeness (QED) is 0.248. The number of nitrogens with two attached hydrogens (primary N) is 2. The van der Waals surface area contributed by atoms with Crippen LogP contribution < -0.4 is 17.0 Å². The van der Waals surface area contributed by atoms with Crippen LogP contribution in [-0.2, 0) is 0 Å². The van der Waals surface area contributed by atoms with Crippen LogP contribution in [0.1, 0.15) is 20.3 Å². The summed E-state index contributed by atoms with van der Waals surface area (Å²) in [5, 5.41) is 0. The third-order valence-electron chi connectivity index (χ3n) is 2.73. The molecule has 1 aliphatic rings.